The maximum Gasteiger partial charge on any atom is 0.0667 e. The Bertz CT molecular complexity index is 96.2. The highest BCUT2D eigenvalue weighted by Crippen LogP contribution is 2.09. The van der Waals surface area contributed by atoms with Crippen LogP contribution in [0.25, 0.3) is 0 Å². The predicted octanol–water partition coefficient (Wildman–Crippen LogP) is 1.66. The van der Waals surface area contributed by atoms with Crippen LogP contribution in [0, 0.1) is 5.41 Å². The molecule has 0 aromatic rings. The third kappa shape index (κ3) is 7.82. The summed E-state index contributed by atoms with van der Waals surface area (Å²) in [5, 5.41) is 3.35. The molecule has 68 valence electrons. The molecule has 0 aliphatic rings. The summed E-state index contributed by atoms with van der Waals surface area (Å²) in [7, 11) is 1.74. The topological polar surface area (TPSA) is 21.3 Å². The summed E-state index contributed by atoms with van der Waals surface area (Å²) < 4.78 is 5.10. The molecule has 2 heteroatoms. The molecule has 0 rings (SSSR count). The molecule has 0 amide bonds. The molecule has 1 atom stereocenters. The Hall–Kier alpha value is -0.0800. The largest absolute Gasteiger partial charge is 0.380 e. The first-order valence-corrected chi connectivity index (χ1v) is 4.19. The Morgan fingerprint density at radius 2 is 1.91 bits per heavy atom. The molecule has 1 unspecified atom stereocenters. The zero-order valence-electron chi connectivity index (χ0n) is 8.40. The minimum Gasteiger partial charge on any atom is -0.380 e. The second-order valence-corrected chi connectivity index (χ2v) is 4.24. The van der Waals surface area contributed by atoms with Crippen molar-refractivity contribution in [3.8, 4) is 0 Å². The average molecular weight is 159 g/mol. The molecule has 0 aromatic carbocycles. The molecule has 0 fully saturated rings. The first kappa shape index (κ1) is 10.9. The number of nitrogens with one attached hydrogen (secondary N) is 1. The van der Waals surface area contributed by atoms with Crippen LogP contribution in [0.1, 0.15) is 27.7 Å². The standard InChI is InChI=1S/C9H21NO/c1-8(11-5)6-10-7-9(2,3)4/h8,10H,6-7H2,1-5H3. The van der Waals surface area contributed by atoms with Crippen molar-refractivity contribution in [3.63, 3.8) is 0 Å². The first-order chi connectivity index (χ1) is 4.95. The number of methoxy groups -OCH3 is 1. The molecule has 0 aliphatic carbocycles. The van der Waals surface area contributed by atoms with Crippen molar-refractivity contribution in [2.45, 2.75) is 33.8 Å². The lowest BCUT2D eigenvalue weighted by molar-refractivity contribution is 0.115. The van der Waals surface area contributed by atoms with Gasteiger partial charge in [0.2, 0.25) is 0 Å². The van der Waals surface area contributed by atoms with Crippen LogP contribution in [0.3, 0.4) is 0 Å². The molecule has 0 saturated heterocycles. The summed E-state index contributed by atoms with van der Waals surface area (Å²) in [6.45, 7) is 10.7. The van der Waals surface area contributed by atoms with Crippen molar-refractivity contribution >= 4 is 0 Å². The molecule has 0 heterocycles. The van der Waals surface area contributed by atoms with Crippen LogP contribution in [0.4, 0.5) is 0 Å². The normalized spacial score (nSPS) is 15.0. The summed E-state index contributed by atoms with van der Waals surface area (Å²) in [4.78, 5) is 0. The summed E-state index contributed by atoms with van der Waals surface area (Å²) in [5.41, 5.74) is 0.369. The molecular weight excluding hydrogens is 138 g/mol. The van der Waals surface area contributed by atoms with E-state index in [0.717, 1.165) is 13.1 Å². The third-order valence-corrected chi connectivity index (χ3v) is 1.49. The molecule has 0 radical (unpaired) electrons. The van der Waals surface area contributed by atoms with E-state index in [-0.39, 0.29) is 0 Å². The van der Waals surface area contributed by atoms with Crippen LogP contribution >= 0.6 is 0 Å². The fourth-order valence-electron chi connectivity index (χ4n) is 0.734. The average Bonchev–Trinajstić information content (AvgIpc) is 1.85. The Labute approximate surface area is 70.3 Å². The summed E-state index contributed by atoms with van der Waals surface area (Å²) in [5.74, 6) is 0. The van der Waals surface area contributed by atoms with Crippen LogP contribution in [0.5, 0.6) is 0 Å². The Balaban J connectivity index is 3.28. The molecule has 0 bridgehead atoms. The Morgan fingerprint density at radius 1 is 1.36 bits per heavy atom. The van der Waals surface area contributed by atoms with Crippen molar-refractivity contribution in [3.05, 3.63) is 0 Å². The van der Waals surface area contributed by atoms with E-state index in [1.165, 1.54) is 0 Å². The molecule has 2 nitrogen and oxygen atoms in total. The lowest BCUT2D eigenvalue weighted by Crippen LogP contribution is -2.32. The molecule has 1 N–H and O–H groups in total. The Kier molecular flexibility index (Phi) is 4.69. The highest BCUT2D eigenvalue weighted by Gasteiger charge is 2.09. The molecule has 0 spiro atoms. The predicted molar refractivity (Wildman–Crippen MR) is 48.8 cm³/mol. The van der Waals surface area contributed by atoms with E-state index in [4.69, 9.17) is 4.74 Å². The van der Waals surface area contributed by atoms with Crippen molar-refractivity contribution in [1.82, 2.24) is 5.32 Å². The van der Waals surface area contributed by atoms with Gasteiger partial charge >= 0.3 is 0 Å². The minimum atomic E-state index is 0.317. The molecule has 0 aromatic heterocycles. The molecule has 11 heavy (non-hydrogen) atoms. The number of ether oxygens (including phenoxy) is 1. The highest BCUT2D eigenvalue weighted by atomic mass is 16.5. The third-order valence-electron chi connectivity index (χ3n) is 1.49. The zero-order chi connectivity index (χ0) is 8.91. The van der Waals surface area contributed by atoms with Crippen molar-refractivity contribution in [2.75, 3.05) is 20.2 Å². The van der Waals surface area contributed by atoms with E-state index in [2.05, 4.69) is 33.0 Å². The number of hydrogen-bond acceptors (Lipinski definition) is 2. The van der Waals surface area contributed by atoms with Gasteiger partial charge in [-0.1, -0.05) is 20.8 Å². The van der Waals surface area contributed by atoms with E-state index in [9.17, 15) is 0 Å². The summed E-state index contributed by atoms with van der Waals surface area (Å²) >= 11 is 0. The first-order valence-electron chi connectivity index (χ1n) is 4.19. The number of hydrogen-bond donors (Lipinski definition) is 1. The van der Waals surface area contributed by atoms with Crippen LogP contribution in [0.15, 0.2) is 0 Å². The van der Waals surface area contributed by atoms with Gasteiger partial charge in [-0.2, -0.15) is 0 Å². The van der Waals surface area contributed by atoms with Gasteiger partial charge in [-0.15, -0.1) is 0 Å². The SMILES string of the molecule is COC(C)CNCC(C)(C)C. The fraction of sp³-hybridized carbons (Fsp3) is 1.00. The van der Waals surface area contributed by atoms with E-state index in [0.29, 0.717) is 11.5 Å². The van der Waals surface area contributed by atoms with E-state index < -0.39 is 0 Å². The quantitative estimate of drug-likeness (QED) is 0.673. The van der Waals surface area contributed by atoms with Crippen molar-refractivity contribution in [2.24, 2.45) is 5.41 Å². The van der Waals surface area contributed by atoms with Gasteiger partial charge in [0, 0.05) is 20.2 Å². The van der Waals surface area contributed by atoms with Gasteiger partial charge in [0.1, 0.15) is 0 Å². The molecule has 0 saturated carbocycles. The Morgan fingerprint density at radius 3 is 2.27 bits per heavy atom. The van der Waals surface area contributed by atoms with Gasteiger partial charge in [0.15, 0.2) is 0 Å². The maximum atomic E-state index is 5.10. The fourth-order valence-corrected chi connectivity index (χ4v) is 0.734. The lowest BCUT2D eigenvalue weighted by Gasteiger charge is -2.20. The van der Waals surface area contributed by atoms with Crippen LogP contribution in [-0.2, 0) is 4.74 Å². The van der Waals surface area contributed by atoms with Gasteiger partial charge in [-0.3, -0.25) is 0 Å². The van der Waals surface area contributed by atoms with E-state index in [1.54, 1.807) is 7.11 Å². The van der Waals surface area contributed by atoms with Crippen LogP contribution in [-0.4, -0.2) is 26.3 Å². The number of rotatable bonds is 4. The van der Waals surface area contributed by atoms with Crippen molar-refractivity contribution in [1.29, 1.82) is 0 Å². The van der Waals surface area contributed by atoms with Crippen LogP contribution < -0.4 is 5.32 Å². The second-order valence-electron chi connectivity index (χ2n) is 4.24. The van der Waals surface area contributed by atoms with Gasteiger partial charge in [0.25, 0.3) is 0 Å². The molecule has 0 aliphatic heterocycles. The minimum absolute atomic E-state index is 0.317. The van der Waals surface area contributed by atoms with Gasteiger partial charge in [0.05, 0.1) is 6.10 Å². The van der Waals surface area contributed by atoms with Gasteiger partial charge in [-0.25, -0.2) is 0 Å². The van der Waals surface area contributed by atoms with Crippen molar-refractivity contribution < 1.29 is 4.74 Å². The monoisotopic (exact) mass is 159 g/mol. The summed E-state index contributed by atoms with van der Waals surface area (Å²) in [6, 6.07) is 0. The lowest BCUT2D eigenvalue weighted by atomic mass is 9.97. The van der Waals surface area contributed by atoms with Gasteiger partial charge < -0.3 is 10.1 Å². The highest BCUT2D eigenvalue weighted by molar-refractivity contribution is 4.65. The summed E-state index contributed by atoms with van der Waals surface area (Å²) in [6.07, 6.45) is 0.317. The van der Waals surface area contributed by atoms with Gasteiger partial charge in [-0.05, 0) is 12.3 Å². The maximum absolute atomic E-state index is 5.10. The van der Waals surface area contributed by atoms with E-state index >= 15 is 0 Å². The van der Waals surface area contributed by atoms with E-state index in [1.807, 2.05) is 0 Å². The zero-order valence-corrected chi connectivity index (χ0v) is 8.40. The second kappa shape index (κ2) is 4.73. The molecular formula is C9H21NO. The van der Waals surface area contributed by atoms with Crippen LogP contribution in [0.2, 0.25) is 0 Å². The smallest absolute Gasteiger partial charge is 0.0667 e.